The highest BCUT2D eigenvalue weighted by molar-refractivity contribution is 7.80. The van der Waals surface area contributed by atoms with Crippen LogP contribution in [0.3, 0.4) is 0 Å². The van der Waals surface area contributed by atoms with Crippen molar-refractivity contribution in [3.63, 3.8) is 0 Å². The molecule has 2 amide bonds. The van der Waals surface area contributed by atoms with Crippen LogP contribution in [0, 0.1) is 5.82 Å². The molecular formula is C25H24FN3O3S2. The molecule has 1 fully saturated rings. The molecule has 1 aliphatic rings. The summed E-state index contributed by atoms with van der Waals surface area (Å²) >= 11 is 7.34. The number of hydrogen-bond acceptors (Lipinski definition) is 5. The van der Waals surface area contributed by atoms with Crippen LogP contribution in [0.4, 0.5) is 15.8 Å². The molecule has 0 radical (unpaired) electrons. The molecule has 0 aliphatic carbocycles. The van der Waals surface area contributed by atoms with Gasteiger partial charge >= 0.3 is 0 Å². The fraction of sp³-hybridized carbons (Fsp3) is 0.240. The molecule has 1 N–H and O–H groups in total. The number of thiophene rings is 1. The molecule has 1 saturated heterocycles. The van der Waals surface area contributed by atoms with Gasteiger partial charge in [0.15, 0.2) is 5.11 Å². The van der Waals surface area contributed by atoms with Crippen LogP contribution in [-0.4, -0.2) is 41.0 Å². The summed E-state index contributed by atoms with van der Waals surface area (Å²) in [6.07, 6.45) is 0.632. The van der Waals surface area contributed by atoms with Gasteiger partial charge in [-0.3, -0.25) is 14.5 Å². The first-order chi connectivity index (χ1) is 16.5. The summed E-state index contributed by atoms with van der Waals surface area (Å²) in [4.78, 5) is 30.7. The van der Waals surface area contributed by atoms with E-state index in [1.165, 1.54) is 34.0 Å². The minimum Gasteiger partial charge on any atom is -0.494 e. The van der Waals surface area contributed by atoms with Gasteiger partial charge in [-0.15, -0.1) is 11.3 Å². The molecule has 4 rings (SSSR count). The Morgan fingerprint density at radius 3 is 2.53 bits per heavy atom. The SMILES string of the molecule is CCOc1ccc(N2C(=O)C(CC(=O)Nc3ccc(F)cc3)N(CCc3cccs3)C2=S)cc1. The average Bonchev–Trinajstić information content (AvgIpc) is 3.42. The van der Waals surface area contributed by atoms with E-state index < -0.39 is 6.04 Å². The van der Waals surface area contributed by atoms with E-state index >= 15 is 0 Å². The smallest absolute Gasteiger partial charge is 0.256 e. The average molecular weight is 498 g/mol. The number of thiocarbonyl (C=S) groups is 1. The summed E-state index contributed by atoms with van der Waals surface area (Å²) in [5.74, 6) is -0.286. The quantitative estimate of drug-likeness (QED) is 0.428. The number of rotatable bonds is 9. The van der Waals surface area contributed by atoms with Gasteiger partial charge in [-0.2, -0.15) is 0 Å². The van der Waals surface area contributed by atoms with E-state index in [1.54, 1.807) is 35.6 Å². The lowest BCUT2D eigenvalue weighted by molar-refractivity contribution is -0.124. The summed E-state index contributed by atoms with van der Waals surface area (Å²) in [7, 11) is 0. The summed E-state index contributed by atoms with van der Waals surface area (Å²) in [6.45, 7) is 2.95. The molecule has 3 aromatic rings. The summed E-state index contributed by atoms with van der Waals surface area (Å²) in [6, 6.07) is 15.9. The van der Waals surface area contributed by atoms with Gasteiger partial charge in [0.25, 0.3) is 5.91 Å². The van der Waals surface area contributed by atoms with Gasteiger partial charge in [-0.05, 0) is 85.5 Å². The Morgan fingerprint density at radius 1 is 1.15 bits per heavy atom. The number of nitrogens with one attached hydrogen (secondary N) is 1. The van der Waals surface area contributed by atoms with Gasteiger partial charge in [0.2, 0.25) is 5.91 Å². The lowest BCUT2D eigenvalue weighted by Crippen LogP contribution is -2.39. The highest BCUT2D eigenvalue weighted by Crippen LogP contribution is 2.29. The molecule has 1 unspecified atom stereocenters. The van der Waals surface area contributed by atoms with Crippen LogP contribution in [0.25, 0.3) is 0 Å². The first-order valence-corrected chi connectivity index (χ1v) is 12.2. The zero-order valence-electron chi connectivity index (χ0n) is 18.6. The first-order valence-electron chi connectivity index (χ1n) is 10.9. The minimum absolute atomic E-state index is 0.0751. The van der Waals surface area contributed by atoms with E-state index in [1.807, 2.05) is 29.3 Å². The van der Waals surface area contributed by atoms with E-state index in [9.17, 15) is 14.0 Å². The maximum atomic E-state index is 13.5. The largest absolute Gasteiger partial charge is 0.494 e. The third kappa shape index (κ3) is 5.43. The highest BCUT2D eigenvalue weighted by Gasteiger charge is 2.43. The van der Waals surface area contributed by atoms with E-state index in [0.29, 0.717) is 41.8 Å². The first kappa shape index (κ1) is 23.8. The third-order valence-corrected chi connectivity index (χ3v) is 6.76. The van der Waals surface area contributed by atoms with Crippen LogP contribution >= 0.6 is 23.6 Å². The van der Waals surface area contributed by atoms with Gasteiger partial charge in [0.1, 0.15) is 17.6 Å². The number of halogens is 1. The second-order valence-corrected chi connectivity index (χ2v) is 9.08. The number of carbonyl (C=O) groups is 2. The monoisotopic (exact) mass is 497 g/mol. The Hall–Kier alpha value is -3.30. The van der Waals surface area contributed by atoms with Gasteiger partial charge < -0.3 is 15.0 Å². The van der Waals surface area contributed by atoms with Crippen molar-refractivity contribution in [1.82, 2.24) is 4.90 Å². The molecule has 9 heteroatoms. The molecule has 2 aromatic carbocycles. The van der Waals surface area contributed by atoms with E-state index in [2.05, 4.69) is 5.32 Å². The van der Waals surface area contributed by atoms with E-state index in [0.717, 1.165) is 0 Å². The van der Waals surface area contributed by atoms with Gasteiger partial charge in [-0.25, -0.2) is 4.39 Å². The molecule has 1 aromatic heterocycles. The van der Waals surface area contributed by atoms with Crippen molar-refractivity contribution in [2.45, 2.75) is 25.8 Å². The maximum absolute atomic E-state index is 13.5. The van der Waals surface area contributed by atoms with Crippen LogP contribution in [0.2, 0.25) is 0 Å². The maximum Gasteiger partial charge on any atom is 0.256 e. The van der Waals surface area contributed by atoms with Crippen LogP contribution in [0.5, 0.6) is 5.75 Å². The van der Waals surface area contributed by atoms with Crippen LogP contribution < -0.4 is 15.0 Å². The van der Waals surface area contributed by atoms with Gasteiger partial charge in [0.05, 0.1) is 18.7 Å². The summed E-state index contributed by atoms with van der Waals surface area (Å²) in [5.41, 5.74) is 1.09. The topological polar surface area (TPSA) is 61.9 Å². The number of ether oxygens (including phenoxy) is 1. The van der Waals surface area contributed by atoms with Gasteiger partial charge in [-0.1, -0.05) is 6.07 Å². The van der Waals surface area contributed by atoms with Crippen molar-refractivity contribution in [2.75, 3.05) is 23.4 Å². The molecule has 6 nitrogen and oxygen atoms in total. The Bertz CT molecular complexity index is 1150. The van der Waals surface area contributed by atoms with Crippen molar-refractivity contribution in [3.8, 4) is 5.75 Å². The van der Waals surface area contributed by atoms with Crippen molar-refractivity contribution in [2.24, 2.45) is 0 Å². The zero-order valence-corrected chi connectivity index (χ0v) is 20.2. The molecule has 1 atom stereocenters. The number of carbonyl (C=O) groups excluding carboxylic acids is 2. The number of anilines is 2. The van der Waals surface area contributed by atoms with Crippen molar-refractivity contribution in [1.29, 1.82) is 0 Å². The Morgan fingerprint density at radius 2 is 1.88 bits per heavy atom. The zero-order chi connectivity index (χ0) is 24.1. The van der Waals surface area contributed by atoms with E-state index in [4.69, 9.17) is 17.0 Å². The molecule has 0 spiro atoms. The van der Waals surface area contributed by atoms with Gasteiger partial charge in [0, 0.05) is 17.1 Å². The molecule has 2 heterocycles. The summed E-state index contributed by atoms with van der Waals surface area (Å²) < 4.78 is 18.7. The third-order valence-electron chi connectivity index (χ3n) is 5.41. The fourth-order valence-corrected chi connectivity index (χ4v) is 4.90. The number of amides is 2. The number of hydrogen-bond donors (Lipinski definition) is 1. The standard InChI is InChI=1S/C25H24FN3O3S2/c1-2-32-20-11-9-19(10-12-20)29-24(31)22(16-23(30)27-18-7-5-17(26)6-8-18)28(25(29)33)14-13-21-4-3-15-34-21/h3-12,15,22H,2,13-14,16H2,1H3,(H,27,30). The molecule has 176 valence electrons. The normalized spacial score (nSPS) is 15.6. The Kier molecular flexibility index (Phi) is 7.54. The predicted molar refractivity (Wildman–Crippen MR) is 136 cm³/mol. The molecule has 0 saturated carbocycles. The van der Waals surface area contributed by atoms with Crippen molar-refractivity contribution in [3.05, 3.63) is 76.7 Å². The van der Waals surface area contributed by atoms with E-state index in [-0.39, 0.29) is 24.1 Å². The Balaban J connectivity index is 1.54. The second-order valence-electron chi connectivity index (χ2n) is 7.68. The molecular weight excluding hydrogens is 473 g/mol. The lowest BCUT2D eigenvalue weighted by Gasteiger charge is -2.23. The fourth-order valence-electron chi connectivity index (χ4n) is 3.79. The van der Waals surface area contributed by atoms with Crippen LogP contribution in [0.15, 0.2) is 66.0 Å². The molecule has 0 bridgehead atoms. The van der Waals surface area contributed by atoms with Crippen LogP contribution in [-0.2, 0) is 16.0 Å². The van der Waals surface area contributed by atoms with Crippen LogP contribution in [0.1, 0.15) is 18.2 Å². The minimum atomic E-state index is -0.737. The Labute approximate surface area is 206 Å². The van der Waals surface area contributed by atoms with Crippen molar-refractivity contribution >= 4 is 51.9 Å². The molecule has 1 aliphatic heterocycles. The molecule has 34 heavy (non-hydrogen) atoms. The number of benzene rings is 2. The van der Waals surface area contributed by atoms with Crippen molar-refractivity contribution < 1.29 is 18.7 Å². The highest BCUT2D eigenvalue weighted by atomic mass is 32.1. The second kappa shape index (κ2) is 10.8. The number of nitrogens with zero attached hydrogens (tertiary/aromatic N) is 2. The summed E-state index contributed by atoms with van der Waals surface area (Å²) in [5, 5.41) is 5.11. The predicted octanol–water partition coefficient (Wildman–Crippen LogP) is 4.86. The lowest BCUT2D eigenvalue weighted by atomic mass is 10.1.